The van der Waals surface area contributed by atoms with Crippen LogP contribution in [0.4, 0.5) is 0 Å². The standard InChI is InChI=1S/C21H26N4O2/c22-15-20(26)25-13-7-5-11-19(25)21(27)24-18(16-8-2-1-3-9-16)14-17-10-4-6-12-23-17/h1-4,6,8-10,12,18-19H,5,7,11,13-15,22H2,(H,24,27)/t18?,19-/m0/s1. The first-order valence-corrected chi connectivity index (χ1v) is 9.44. The van der Waals surface area contributed by atoms with Gasteiger partial charge in [0.1, 0.15) is 6.04 Å². The number of amides is 2. The quantitative estimate of drug-likeness (QED) is 0.816. The Balaban J connectivity index is 1.78. The summed E-state index contributed by atoms with van der Waals surface area (Å²) in [6, 6.07) is 15.0. The van der Waals surface area contributed by atoms with Gasteiger partial charge in [-0.15, -0.1) is 0 Å². The molecule has 0 spiro atoms. The second-order valence-electron chi connectivity index (χ2n) is 6.80. The van der Waals surface area contributed by atoms with Gasteiger partial charge in [0.05, 0.1) is 12.6 Å². The SMILES string of the molecule is NCC(=O)N1CCCC[C@H]1C(=O)NC(Cc1ccccn1)c1ccccc1. The summed E-state index contributed by atoms with van der Waals surface area (Å²) in [5, 5.41) is 3.15. The van der Waals surface area contributed by atoms with Gasteiger partial charge >= 0.3 is 0 Å². The van der Waals surface area contributed by atoms with Crippen molar-refractivity contribution in [3.63, 3.8) is 0 Å². The van der Waals surface area contributed by atoms with Gasteiger partial charge in [-0.1, -0.05) is 36.4 Å². The van der Waals surface area contributed by atoms with Crippen LogP contribution in [-0.2, 0) is 16.0 Å². The summed E-state index contributed by atoms with van der Waals surface area (Å²) in [4.78, 5) is 31.2. The van der Waals surface area contributed by atoms with Crippen molar-refractivity contribution < 1.29 is 9.59 Å². The number of nitrogens with one attached hydrogen (secondary N) is 1. The molecule has 2 amide bonds. The Morgan fingerprint density at radius 3 is 2.63 bits per heavy atom. The summed E-state index contributed by atoms with van der Waals surface area (Å²) in [7, 11) is 0. The van der Waals surface area contributed by atoms with Crippen molar-refractivity contribution in [2.45, 2.75) is 37.8 Å². The number of benzene rings is 1. The molecule has 1 aromatic heterocycles. The molecule has 142 valence electrons. The van der Waals surface area contributed by atoms with Gasteiger partial charge in [0, 0.05) is 24.9 Å². The van der Waals surface area contributed by atoms with E-state index in [4.69, 9.17) is 5.73 Å². The molecule has 1 unspecified atom stereocenters. The zero-order chi connectivity index (χ0) is 19.1. The Hall–Kier alpha value is -2.73. The summed E-state index contributed by atoms with van der Waals surface area (Å²) >= 11 is 0. The van der Waals surface area contributed by atoms with Gasteiger partial charge < -0.3 is 16.0 Å². The lowest BCUT2D eigenvalue weighted by Gasteiger charge is -2.35. The van der Waals surface area contributed by atoms with Crippen molar-refractivity contribution in [1.29, 1.82) is 0 Å². The van der Waals surface area contributed by atoms with Crippen LogP contribution in [0.3, 0.4) is 0 Å². The number of carbonyl (C=O) groups excluding carboxylic acids is 2. The third kappa shape index (κ3) is 4.92. The van der Waals surface area contributed by atoms with E-state index in [9.17, 15) is 9.59 Å². The lowest BCUT2D eigenvalue weighted by Crippen LogP contribution is -2.54. The van der Waals surface area contributed by atoms with Crippen LogP contribution < -0.4 is 11.1 Å². The zero-order valence-corrected chi connectivity index (χ0v) is 15.4. The van der Waals surface area contributed by atoms with Crippen LogP contribution in [0, 0.1) is 0 Å². The van der Waals surface area contributed by atoms with Crippen molar-refractivity contribution in [3.8, 4) is 0 Å². The summed E-state index contributed by atoms with van der Waals surface area (Å²) in [5.41, 5.74) is 7.45. The first kappa shape index (κ1) is 19.0. The molecule has 3 rings (SSSR count). The van der Waals surface area contributed by atoms with E-state index in [0.29, 0.717) is 19.4 Å². The van der Waals surface area contributed by atoms with Crippen molar-refractivity contribution in [2.75, 3.05) is 13.1 Å². The topological polar surface area (TPSA) is 88.3 Å². The molecule has 0 bridgehead atoms. The molecule has 2 heterocycles. The molecule has 2 aromatic rings. The maximum absolute atomic E-state index is 13.0. The Morgan fingerprint density at radius 2 is 1.93 bits per heavy atom. The minimum absolute atomic E-state index is 0.0696. The highest BCUT2D eigenvalue weighted by Crippen LogP contribution is 2.21. The Kier molecular flexibility index (Phi) is 6.54. The fourth-order valence-electron chi connectivity index (χ4n) is 3.55. The van der Waals surface area contributed by atoms with Crippen LogP contribution in [-0.4, -0.2) is 40.8 Å². The average Bonchev–Trinajstić information content (AvgIpc) is 2.74. The summed E-state index contributed by atoms with van der Waals surface area (Å²) in [6.07, 6.45) is 4.85. The minimum atomic E-state index is -0.454. The normalized spacial score (nSPS) is 18.0. The van der Waals surface area contributed by atoms with Gasteiger partial charge in [0.15, 0.2) is 0 Å². The third-order valence-corrected chi connectivity index (χ3v) is 4.96. The van der Waals surface area contributed by atoms with E-state index in [2.05, 4.69) is 10.3 Å². The van der Waals surface area contributed by atoms with Gasteiger partial charge in [-0.05, 0) is 37.0 Å². The molecule has 2 atom stereocenters. The molecule has 6 nitrogen and oxygen atoms in total. The number of nitrogens with two attached hydrogens (primary N) is 1. The van der Waals surface area contributed by atoms with Crippen molar-refractivity contribution >= 4 is 11.8 Å². The molecule has 27 heavy (non-hydrogen) atoms. The highest BCUT2D eigenvalue weighted by atomic mass is 16.2. The van der Waals surface area contributed by atoms with Crippen molar-refractivity contribution in [3.05, 3.63) is 66.0 Å². The maximum Gasteiger partial charge on any atom is 0.243 e. The van der Waals surface area contributed by atoms with E-state index in [1.165, 1.54) is 0 Å². The van der Waals surface area contributed by atoms with E-state index in [-0.39, 0.29) is 24.4 Å². The van der Waals surface area contributed by atoms with Crippen LogP contribution in [0.15, 0.2) is 54.7 Å². The van der Waals surface area contributed by atoms with Crippen LogP contribution in [0.2, 0.25) is 0 Å². The fourth-order valence-corrected chi connectivity index (χ4v) is 3.55. The van der Waals surface area contributed by atoms with Crippen LogP contribution in [0.1, 0.15) is 36.6 Å². The number of hydrogen-bond acceptors (Lipinski definition) is 4. The number of rotatable bonds is 6. The number of aromatic nitrogens is 1. The third-order valence-electron chi connectivity index (χ3n) is 4.96. The summed E-state index contributed by atoms with van der Waals surface area (Å²) in [6.45, 7) is 0.518. The molecule has 1 aliphatic rings. The lowest BCUT2D eigenvalue weighted by atomic mass is 9.98. The van der Waals surface area contributed by atoms with Gasteiger partial charge in [-0.2, -0.15) is 0 Å². The first-order chi connectivity index (χ1) is 13.2. The molecule has 0 aliphatic carbocycles. The number of nitrogens with zero attached hydrogens (tertiary/aromatic N) is 2. The molecule has 0 radical (unpaired) electrons. The molecule has 0 saturated carbocycles. The highest BCUT2D eigenvalue weighted by Gasteiger charge is 2.32. The van der Waals surface area contributed by atoms with Gasteiger partial charge in [-0.3, -0.25) is 14.6 Å². The second-order valence-corrected chi connectivity index (χ2v) is 6.80. The molecule has 6 heteroatoms. The van der Waals surface area contributed by atoms with Crippen LogP contribution in [0.5, 0.6) is 0 Å². The second kappa shape index (κ2) is 9.28. The van der Waals surface area contributed by atoms with Gasteiger partial charge in [-0.25, -0.2) is 0 Å². The van der Waals surface area contributed by atoms with E-state index < -0.39 is 6.04 Å². The van der Waals surface area contributed by atoms with Crippen molar-refractivity contribution in [1.82, 2.24) is 15.2 Å². The minimum Gasteiger partial charge on any atom is -0.347 e. The zero-order valence-electron chi connectivity index (χ0n) is 15.4. The predicted octanol–water partition coefficient (Wildman–Crippen LogP) is 1.82. The number of pyridine rings is 1. The number of likely N-dealkylation sites (tertiary alicyclic amines) is 1. The molecule has 1 aliphatic heterocycles. The molecule has 3 N–H and O–H groups in total. The fraction of sp³-hybridized carbons (Fsp3) is 0.381. The molecular weight excluding hydrogens is 340 g/mol. The maximum atomic E-state index is 13.0. The monoisotopic (exact) mass is 366 g/mol. The molecule has 1 saturated heterocycles. The summed E-state index contributed by atoms with van der Waals surface area (Å²) < 4.78 is 0. The van der Waals surface area contributed by atoms with Crippen LogP contribution >= 0.6 is 0 Å². The summed E-state index contributed by atoms with van der Waals surface area (Å²) in [5.74, 6) is -0.294. The highest BCUT2D eigenvalue weighted by molar-refractivity contribution is 5.88. The van der Waals surface area contributed by atoms with E-state index in [0.717, 1.165) is 24.1 Å². The Morgan fingerprint density at radius 1 is 1.15 bits per heavy atom. The predicted molar refractivity (Wildman–Crippen MR) is 104 cm³/mol. The average molecular weight is 366 g/mol. The Labute approximate surface area is 159 Å². The molecular formula is C21H26N4O2. The molecule has 1 aromatic carbocycles. The van der Waals surface area contributed by atoms with Crippen LogP contribution in [0.25, 0.3) is 0 Å². The largest absolute Gasteiger partial charge is 0.347 e. The Bertz CT molecular complexity index is 751. The lowest BCUT2D eigenvalue weighted by molar-refractivity contribution is -0.141. The van der Waals surface area contributed by atoms with E-state index in [1.807, 2.05) is 48.5 Å². The number of piperidine rings is 1. The first-order valence-electron chi connectivity index (χ1n) is 9.44. The van der Waals surface area contributed by atoms with Gasteiger partial charge in [0.25, 0.3) is 0 Å². The number of carbonyl (C=O) groups is 2. The smallest absolute Gasteiger partial charge is 0.243 e. The molecule has 1 fully saturated rings. The van der Waals surface area contributed by atoms with E-state index in [1.54, 1.807) is 11.1 Å². The number of hydrogen-bond donors (Lipinski definition) is 2. The van der Waals surface area contributed by atoms with E-state index >= 15 is 0 Å². The van der Waals surface area contributed by atoms with Crippen molar-refractivity contribution in [2.24, 2.45) is 5.73 Å². The van der Waals surface area contributed by atoms with Gasteiger partial charge in [0.2, 0.25) is 11.8 Å².